The van der Waals surface area contributed by atoms with Gasteiger partial charge in [-0.1, -0.05) is 51.7 Å². The Balaban J connectivity index is 0.000000411. The Bertz CT molecular complexity index is 380. The van der Waals surface area contributed by atoms with Crippen molar-refractivity contribution in [2.75, 3.05) is 0 Å². The molecule has 1 atom stereocenters. The SMILES string of the molecule is CCCCCC.N#CC(C=O)c1cccc(F)c1. The molecule has 0 saturated heterocycles. The number of halogens is 1. The standard InChI is InChI=1S/C9H6FNO.C6H14/c10-9-3-1-2-7(4-9)8(5-11)6-12;1-3-5-6-4-2/h1-4,6,8H;3-6H2,1-2H3. The molecule has 0 spiro atoms. The van der Waals surface area contributed by atoms with Crippen molar-refractivity contribution in [1.29, 1.82) is 5.26 Å². The summed E-state index contributed by atoms with van der Waals surface area (Å²) in [5.41, 5.74) is 0.396. The lowest BCUT2D eigenvalue weighted by molar-refractivity contribution is -0.108. The van der Waals surface area contributed by atoms with E-state index in [0.29, 0.717) is 11.8 Å². The highest BCUT2D eigenvalue weighted by Gasteiger charge is 2.08. The number of carbonyl (C=O) groups is 1. The van der Waals surface area contributed by atoms with Crippen LogP contribution in [-0.2, 0) is 4.79 Å². The minimum Gasteiger partial charge on any atom is -0.302 e. The molecular weight excluding hydrogens is 229 g/mol. The normalized spacial score (nSPS) is 10.8. The molecular formula is C15H20FNO. The van der Waals surface area contributed by atoms with Crippen molar-refractivity contribution in [3.8, 4) is 6.07 Å². The number of aldehydes is 1. The summed E-state index contributed by atoms with van der Waals surface area (Å²) in [5.74, 6) is -1.30. The van der Waals surface area contributed by atoms with Gasteiger partial charge in [-0.15, -0.1) is 0 Å². The van der Waals surface area contributed by atoms with Crippen LogP contribution >= 0.6 is 0 Å². The molecule has 0 saturated carbocycles. The summed E-state index contributed by atoms with van der Waals surface area (Å²) < 4.78 is 12.6. The Labute approximate surface area is 108 Å². The average Bonchev–Trinajstić information content (AvgIpc) is 2.39. The largest absolute Gasteiger partial charge is 0.302 e. The first-order valence-corrected chi connectivity index (χ1v) is 6.29. The first-order valence-electron chi connectivity index (χ1n) is 6.29. The molecule has 1 aromatic carbocycles. The highest BCUT2D eigenvalue weighted by Crippen LogP contribution is 2.13. The third-order valence-corrected chi connectivity index (χ3v) is 2.44. The van der Waals surface area contributed by atoms with Gasteiger partial charge in [0, 0.05) is 0 Å². The van der Waals surface area contributed by atoms with E-state index in [1.165, 1.54) is 43.9 Å². The number of carbonyl (C=O) groups excluding carboxylic acids is 1. The van der Waals surface area contributed by atoms with Gasteiger partial charge in [-0.25, -0.2) is 4.39 Å². The third-order valence-electron chi connectivity index (χ3n) is 2.44. The Morgan fingerprint density at radius 3 is 2.33 bits per heavy atom. The molecule has 0 N–H and O–H groups in total. The summed E-state index contributed by atoms with van der Waals surface area (Å²) >= 11 is 0. The van der Waals surface area contributed by atoms with Crippen molar-refractivity contribution < 1.29 is 9.18 Å². The Morgan fingerprint density at radius 1 is 1.33 bits per heavy atom. The first-order chi connectivity index (χ1) is 8.69. The Hall–Kier alpha value is -1.69. The molecule has 0 radical (unpaired) electrons. The summed E-state index contributed by atoms with van der Waals surface area (Å²) in [6.07, 6.45) is 6.03. The van der Waals surface area contributed by atoms with Crippen LogP contribution in [0.5, 0.6) is 0 Å². The summed E-state index contributed by atoms with van der Waals surface area (Å²) in [7, 11) is 0. The second-order valence-corrected chi connectivity index (χ2v) is 4.00. The molecule has 0 bridgehead atoms. The molecule has 0 aliphatic rings. The fourth-order valence-corrected chi connectivity index (χ4v) is 1.38. The van der Waals surface area contributed by atoms with Gasteiger partial charge in [0.2, 0.25) is 0 Å². The smallest absolute Gasteiger partial charge is 0.141 e. The number of hydrogen-bond acceptors (Lipinski definition) is 2. The minimum atomic E-state index is -0.860. The van der Waals surface area contributed by atoms with Gasteiger partial charge in [-0.05, 0) is 17.7 Å². The third kappa shape index (κ3) is 6.80. The van der Waals surface area contributed by atoms with Gasteiger partial charge in [0.1, 0.15) is 18.0 Å². The van der Waals surface area contributed by atoms with E-state index in [2.05, 4.69) is 13.8 Å². The van der Waals surface area contributed by atoms with Gasteiger partial charge in [-0.2, -0.15) is 5.26 Å². The van der Waals surface area contributed by atoms with Crippen LogP contribution in [0.25, 0.3) is 0 Å². The molecule has 0 heterocycles. The van der Waals surface area contributed by atoms with E-state index in [-0.39, 0.29) is 0 Å². The maximum absolute atomic E-state index is 12.6. The summed E-state index contributed by atoms with van der Waals surface area (Å²) in [6, 6.07) is 7.23. The number of rotatable bonds is 5. The molecule has 0 fully saturated rings. The molecule has 98 valence electrons. The van der Waals surface area contributed by atoms with Crippen LogP contribution < -0.4 is 0 Å². The maximum Gasteiger partial charge on any atom is 0.141 e. The lowest BCUT2D eigenvalue weighted by Crippen LogP contribution is -1.96. The van der Waals surface area contributed by atoms with E-state index in [1.54, 1.807) is 12.1 Å². The number of hydrogen-bond donors (Lipinski definition) is 0. The maximum atomic E-state index is 12.6. The topological polar surface area (TPSA) is 40.9 Å². The average molecular weight is 249 g/mol. The summed E-state index contributed by atoms with van der Waals surface area (Å²) in [6.45, 7) is 4.46. The van der Waals surface area contributed by atoms with Crippen molar-refractivity contribution in [3.05, 3.63) is 35.6 Å². The van der Waals surface area contributed by atoms with E-state index >= 15 is 0 Å². The second kappa shape index (κ2) is 10.5. The van der Waals surface area contributed by atoms with Gasteiger partial charge in [-0.3, -0.25) is 0 Å². The van der Waals surface area contributed by atoms with Crippen molar-refractivity contribution in [3.63, 3.8) is 0 Å². The lowest BCUT2D eigenvalue weighted by Gasteiger charge is -1.99. The highest BCUT2D eigenvalue weighted by molar-refractivity contribution is 5.66. The van der Waals surface area contributed by atoms with E-state index in [1.807, 2.05) is 0 Å². The predicted molar refractivity (Wildman–Crippen MR) is 70.6 cm³/mol. The molecule has 0 amide bonds. The molecule has 1 unspecified atom stereocenters. The van der Waals surface area contributed by atoms with Crippen LogP contribution in [-0.4, -0.2) is 6.29 Å². The molecule has 0 aliphatic heterocycles. The number of unbranched alkanes of at least 4 members (excludes halogenated alkanes) is 3. The minimum absolute atomic E-state index is 0.396. The first kappa shape index (κ1) is 16.3. The van der Waals surface area contributed by atoms with Gasteiger partial charge in [0.05, 0.1) is 6.07 Å². The Kier molecular flexibility index (Phi) is 9.48. The number of nitriles is 1. The molecule has 18 heavy (non-hydrogen) atoms. The van der Waals surface area contributed by atoms with E-state index in [0.717, 1.165) is 0 Å². The molecule has 1 rings (SSSR count). The van der Waals surface area contributed by atoms with Crippen molar-refractivity contribution in [1.82, 2.24) is 0 Å². The number of nitrogens with zero attached hydrogens (tertiary/aromatic N) is 1. The fourth-order valence-electron chi connectivity index (χ4n) is 1.38. The van der Waals surface area contributed by atoms with Crippen LogP contribution in [0.2, 0.25) is 0 Å². The quantitative estimate of drug-likeness (QED) is 0.579. The van der Waals surface area contributed by atoms with Crippen molar-refractivity contribution in [2.45, 2.75) is 45.4 Å². The van der Waals surface area contributed by atoms with E-state index in [4.69, 9.17) is 5.26 Å². The van der Waals surface area contributed by atoms with Gasteiger partial charge < -0.3 is 4.79 Å². The molecule has 0 aliphatic carbocycles. The molecule has 3 heteroatoms. The summed E-state index contributed by atoms with van der Waals surface area (Å²) in [4.78, 5) is 10.3. The number of benzene rings is 1. The predicted octanol–water partition coefficient (Wildman–Crippen LogP) is 4.22. The van der Waals surface area contributed by atoms with Gasteiger partial charge >= 0.3 is 0 Å². The Morgan fingerprint density at radius 2 is 1.94 bits per heavy atom. The zero-order chi connectivity index (χ0) is 13.8. The van der Waals surface area contributed by atoms with Crippen molar-refractivity contribution in [2.24, 2.45) is 0 Å². The van der Waals surface area contributed by atoms with Crippen LogP contribution in [0.1, 0.15) is 51.0 Å². The second-order valence-electron chi connectivity index (χ2n) is 4.00. The molecule has 1 aromatic rings. The zero-order valence-corrected chi connectivity index (χ0v) is 11.0. The van der Waals surface area contributed by atoms with Crippen LogP contribution in [0.3, 0.4) is 0 Å². The van der Waals surface area contributed by atoms with Crippen LogP contribution in [0.15, 0.2) is 24.3 Å². The van der Waals surface area contributed by atoms with Crippen molar-refractivity contribution >= 4 is 6.29 Å². The van der Waals surface area contributed by atoms with Crippen LogP contribution in [0.4, 0.5) is 4.39 Å². The van der Waals surface area contributed by atoms with Crippen LogP contribution in [0, 0.1) is 17.1 Å². The monoisotopic (exact) mass is 249 g/mol. The fraction of sp³-hybridized carbons (Fsp3) is 0.467. The zero-order valence-electron chi connectivity index (χ0n) is 11.0. The molecule has 0 aromatic heterocycles. The highest BCUT2D eigenvalue weighted by atomic mass is 19.1. The lowest BCUT2D eigenvalue weighted by atomic mass is 10.0. The summed E-state index contributed by atoms with van der Waals surface area (Å²) in [5, 5.41) is 8.47. The van der Waals surface area contributed by atoms with Gasteiger partial charge in [0.15, 0.2) is 0 Å². The molecule has 2 nitrogen and oxygen atoms in total. The van der Waals surface area contributed by atoms with E-state index in [9.17, 15) is 9.18 Å². The van der Waals surface area contributed by atoms with E-state index < -0.39 is 11.7 Å². The van der Waals surface area contributed by atoms with Gasteiger partial charge in [0.25, 0.3) is 0 Å².